The number of rotatable bonds is 6. The van der Waals surface area contributed by atoms with Gasteiger partial charge in [-0.1, -0.05) is 61.5 Å². The molecule has 0 aliphatic carbocycles. The number of hydrogen-bond acceptors (Lipinski definition) is 6. The van der Waals surface area contributed by atoms with Crippen LogP contribution >= 0.6 is 0 Å². The van der Waals surface area contributed by atoms with Crippen molar-refractivity contribution in [1.82, 2.24) is 15.4 Å². The van der Waals surface area contributed by atoms with Gasteiger partial charge in [0.2, 0.25) is 5.91 Å². The zero-order chi connectivity index (χ0) is 27.2. The highest BCUT2D eigenvalue weighted by molar-refractivity contribution is 6.11. The quantitative estimate of drug-likeness (QED) is 0.514. The molecule has 1 saturated heterocycles. The third kappa shape index (κ3) is 4.51. The molecule has 3 aromatic rings. The summed E-state index contributed by atoms with van der Waals surface area (Å²) in [6, 6.07) is 14.7. The molecule has 0 spiro atoms. The van der Waals surface area contributed by atoms with Crippen LogP contribution in [-0.2, 0) is 15.1 Å². The summed E-state index contributed by atoms with van der Waals surface area (Å²) in [5.74, 6) is -0.707. The molecule has 1 fully saturated rings. The summed E-state index contributed by atoms with van der Waals surface area (Å²) in [4.78, 5) is 33.3. The summed E-state index contributed by atoms with van der Waals surface area (Å²) in [5, 5.41) is 17.3. The van der Waals surface area contributed by atoms with E-state index in [1.165, 1.54) is 6.07 Å². The average Bonchev–Trinajstić information content (AvgIpc) is 3.57. The Kier molecular flexibility index (Phi) is 6.65. The number of β-amino-alcohol motifs (C(OH)–C–C–N with tert-alkyl or cyclic N) is 1. The maximum atomic E-state index is 14.2. The number of amides is 2. The summed E-state index contributed by atoms with van der Waals surface area (Å²) in [6.45, 7) is 7.49. The maximum absolute atomic E-state index is 14.2. The zero-order valence-electron chi connectivity index (χ0n) is 21.8. The van der Waals surface area contributed by atoms with Crippen molar-refractivity contribution in [3.63, 3.8) is 0 Å². The molecule has 0 bridgehead atoms. The Morgan fingerprint density at radius 3 is 2.55 bits per heavy atom. The molecule has 2 amide bonds. The Bertz CT molecular complexity index is 1400. The molecule has 0 radical (unpaired) electrons. The Labute approximate surface area is 220 Å². The molecule has 4 atom stereocenters. The fraction of sp³-hybridized carbons (Fsp3) is 0.379. The lowest BCUT2D eigenvalue weighted by Gasteiger charge is -2.29. The van der Waals surface area contributed by atoms with Gasteiger partial charge < -0.3 is 19.8 Å². The lowest BCUT2D eigenvalue weighted by molar-refractivity contribution is -0.134. The summed E-state index contributed by atoms with van der Waals surface area (Å²) in [7, 11) is 0. The SMILES string of the molecule is Cc1cc(C(C(=O)N2C[C@H](O)C[C@@H]2C2=N[C@@](C)(c3ccc(-c4ccccc4F)cc3)C(=O)N2)C(C)C)on1. The number of halogens is 1. The molecule has 2 aliphatic heterocycles. The van der Waals surface area contributed by atoms with Crippen LogP contribution in [0.15, 0.2) is 64.1 Å². The number of carbonyl (C=O) groups is 2. The predicted molar refractivity (Wildman–Crippen MR) is 140 cm³/mol. The lowest BCUT2D eigenvalue weighted by atomic mass is 9.91. The molecule has 198 valence electrons. The highest BCUT2D eigenvalue weighted by atomic mass is 19.1. The molecule has 3 heterocycles. The highest BCUT2D eigenvalue weighted by Crippen LogP contribution is 2.36. The molecule has 5 rings (SSSR count). The van der Waals surface area contributed by atoms with Crippen molar-refractivity contribution in [2.24, 2.45) is 10.9 Å². The third-order valence-electron chi connectivity index (χ3n) is 7.42. The second kappa shape index (κ2) is 9.79. The topological polar surface area (TPSA) is 108 Å². The first-order valence-corrected chi connectivity index (χ1v) is 12.8. The van der Waals surface area contributed by atoms with Crippen LogP contribution in [0.2, 0.25) is 0 Å². The van der Waals surface area contributed by atoms with Gasteiger partial charge in [-0.15, -0.1) is 0 Å². The van der Waals surface area contributed by atoms with E-state index in [1.807, 2.05) is 13.8 Å². The van der Waals surface area contributed by atoms with E-state index in [9.17, 15) is 19.1 Å². The van der Waals surface area contributed by atoms with E-state index in [0.717, 1.165) is 0 Å². The number of nitrogens with zero attached hydrogens (tertiary/aromatic N) is 3. The van der Waals surface area contributed by atoms with Crippen LogP contribution in [0.25, 0.3) is 11.1 Å². The van der Waals surface area contributed by atoms with Crippen molar-refractivity contribution < 1.29 is 23.6 Å². The number of aliphatic imine (C=N–C) groups is 1. The smallest absolute Gasteiger partial charge is 0.257 e. The molecule has 2 aliphatic rings. The molecular formula is C29H31FN4O4. The van der Waals surface area contributed by atoms with Gasteiger partial charge in [0.15, 0.2) is 5.54 Å². The highest BCUT2D eigenvalue weighted by Gasteiger charge is 2.48. The average molecular weight is 519 g/mol. The number of carbonyl (C=O) groups excluding carboxylic acids is 2. The van der Waals surface area contributed by atoms with Gasteiger partial charge in [0, 0.05) is 24.6 Å². The van der Waals surface area contributed by atoms with Crippen LogP contribution in [0.5, 0.6) is 0 Å². The minimum atomic E-state index is -1.23. The van der Waals surface area contributed by atoms with Gasteiger partial charge in [-0.05, 0) is 37.0 Å². The summed E-state index contributed by atoms with van der Waals surface area (Å²) >= 11 is 0. The molecule has 2 aromatic carbocycles. The van der Waals surface area contributed by atoms with Gasteiger partial charge in [0.05, 0.1) is 17.8 Å². The molecule has 1 unspecified atom stereocenters. The number of aliphatic hydroxyl groups is 1. The number of aromatic nitrogens is 1. The van der Waals surface area contributed by atoms with Crippen molar-refractivity contribution >= 4 is 17.6 Å². The van der Waals surface area contributed by atoms with Gasteiger partial charge in [0.25, 0.3) is 5.91 Å². The molecule has 2 N–H and O–H groups in total. The van der Waals surface area contributed by atoms with Gasteiger partial charge in [-0.3, -0.25) is 9.59 Å². The molecule has 38 heavy (non-hydrogen) atoms. The van der Waals surface area contributed by atoms with Gasteiger partial charge in [-0.25, -0.2) is 9.38 Å². The molecule has 0 saturated carbocycles. The largest absolute Gasteiger partial charge is 0.391 e. The second-order valence-corrected chi connectivity index (χ2v) is 10.6. The van der Waals surface area contributed by atoms with Gasteiger partial charge in [0.1, 0.15) is 23.3 Å². The zero-order valence-corrected chi connectivity index (χ0v) is 21.8. The van der Waals surface area contributed by atoms with Crippen LogP contribution < -0.4 is 5.32 Å². The fourth-order valence-corrected chi connectivity index (χ4v) is 5.34. The third-order valence-corrected chi connectivity index (χ3v) is 7.42. The summed E-state index contributed by atoms with van der Waals surface area (Å²) < 4.78 is 19.7. The van der Waals surface area contributed by atoms with Crippen molar-refractivity contribution in [3.05, 3.63) is 77.4 Å². The minimum Gasteiger partial charge on any atom is -0.391 e. The number of hydrogen-bond donors (Lipinski definition) is 2. The van der Waals surface area contributed by atoms with E-state index in [0.29, 0.717) is 34.0 Å². The van der Waals surface area contributed by atoms with Crippen molar-refractivity contribution in [2.75, 3.05) is 6.54 Å². The number of benzene rings is 2. The van der Waals surface area contributed by atoms with Crippen LogP contribution in [0.1, 0.15) is 50.1 Å². The molecular weight excluding hydrogens is 487 g/mol. The first-order valence-electron chi connectivity index (χ1n) is 12.8. The summed E-state index contributed by atoms with van der Waals surface area (Å²) in [6.07, 6.45) is -0.493. The van der Waals surface area contributed by atoms with Crippen LogP contribution in [0, 0.1) is 18.7 Å². The van der Waals surface area contributed by atoms with E-state index in [2.05, 4.69) is 10.5 Å². The van der Waals surface area contributed by atoms with Crippen molar-refractivity contribution in [3.8, 4) is 11.1 Å². The van der Waals surface area contributed by atoms with Gasteiger partial charge >= 0.3 is 0 Å². The van der Waals surface area contributed by atoms with E-state index in [4.69, 9.17) is 9.52 Å². The van der Waals surface area contributed by atoms with Crippen LogP contribution in [0.3, 0.4) is 0 Å². The number of aryl methyl sites for hydroxylation is 1. The number of aliphatic hydroxyl groups excluding tert-OH is 1. The predicted octanol–water partition coefficient (Wildman–Crippen LogP) is 3.93. The van der Waals surface area contributed by atoms with E-state index < -0.39 is 23.6 Å². The number of nitrogens with one attached hydrogen (secondary N) is 1. The first-order chi connectivity index (χ1) is 18.1. The number of amidine groups is 1. The minimum absolute atomic E-state index is 0.0772. The second-order valence-electron chi connectivity index (χ2n) is 10.6. The molecule has 1 aromatic heterocycles. The monoisotopic (exact) mass is 518 g/mol. The Hall–Kier alpha value is -3.85. The Balaban J connectivity index is 1.43. The van der Waals surface area contributed by atoms with Crippen molar-refractivity contribution in [1.29, 1.82) is 0 Å². The fourth-order valence-electron chi connectivity index (χ4n) is 5.34. The normalized spacial score (nSPS) is 24.0. The molecule has 9 heteroatoms. The summed E-state index contributed by atoms with van der Waals surface area (Å²) in [5.41, 5.74) is 1.25. The Morgan fingerprint density at radius 1 is 1.21 bits per heavy atom. The van der Waals surface area contributed by atoms with E-state index >= 15 is 0 Å². The van der Waals surface area contributed by atoms with E-state index in [1.54, 1.807) is 67.3 Å². The standard InChI is InChI=1S/C29H31FN4O4/c1-16(2)25(24-13-17(3)33-38-24)27(36)34-15-20(35)14-23(34)26-31-28(37)29(4,32-26)19-11-9-18(10-12-19)21-7-5-6-8-22(21)30/h5-13,16,20,23,25,35H,14-15H2,1-4H3,(H,31,32,37)/t20-,23-,25?,29+/m1/s1. The molecule has 8 nitrogen and oxygen atoms in total. The maximum Gasteiger partial charge on any atom is 0.257 e. The first kappa shape index (κ1) is 25.8. The van der Waals surface area contributed by atoms with Crippen LogP contribution in [0.4, 0.5) is 4.39 Å². The van der Waals surface area contributed by atoms with Crippen LogP contribution in [-0.4, -0.2) is 51.5 Å². The van der Waals surface area contributed by atoms with Gasteiger partial charge in [-0.2, -0.15) is 0 Å². The van der Waals surface area contributed by atoms with E-state index in [-0.39, 0.29) is 36.5 Å². The van der Waals surface area contributed by atoms with Crippen molar-refractivity contribution in [2.45, 2.75) is 57.7 Å². The Morgan fingerprint density at radius 2 is 1.92 bits per heavy atom. The number of likely N-dealkylation sites (tertiary alicyclic amines) is 1. The lowest BCUT2D eigenvalue weighted by Crippen LogP contribution is -2.48.